The molecule has 2 heterocycles. The highest BCUT2D eigenvalue weighted by Gasteiger charge is 2.30. The third-order valence-corrected chi connectivity index (χ3v) is 3.83. The van der Waals surface area contributed by atoms with E-state index in [4.69, 9.17) is 4.74 Å². The van der Waals surface area contributed by atoms with Gasteiger partial charge in [0, 0.05) is 24.1 Å². The number of nitro benzene ring substituents is 1. The Balaban J connectivity index is 2.00. The maximum atomic E-state index is 12.7. The molecule has 1 fully saturated rings. The summed E-state index contributed by atoms with van der Waals surface area (Å²) in [6.45, 7) is 4.75. The first-order valence-electron chi connectivity index (χ1n) is 7.02. The average Bonchev–Trinajstić information content (AvgIpc) is 2.92. The van der Waals surface area contributed by atoms with Crippen LogP contribution < -0.4 is 0 Å². The van der Waals surface area contributed by atoms with Crippen LogP contribution in [0.1, 0.15) is 24.3 Å². The fraction of sp³-hybridized carbons (Fsp3) is 0.429. The molecule has 8 heteroatoms. The van der Waals surface area contributed by atoms with Gasteiger partial charge < -0.3 is 9.64 Å². The molecule has 2 atom stereocenters. The summed E-state index contributed by atoms with van der Waals surface area (Å²) in [6.07, 6.45) is -0.0420. The first kappa shape index (κ1) is 14.5. The van der Waals surface area contributed by atoms with E-state index in [2.05, 4.69) is 10.2 Å². The first-order chi connectivity index (χ1) is 10.5. The summed E-state index contributed by atoms with van der Waals surface area (Å²) in [6, 6.07) is 4.26. The van der Waals surface area contributed by atoms with Gasteiger partial charge in [-0.3, -0.25) is 20.0 Å². The lowest BCUT2D eigenvalue weighted by Crippen LogP contribution is -2.50. The molecule has 0 aliphatic carbocycles. The molecule has 1 aromatic carbocycles. The Kier molecular flexibility index (Phi) is 3.53. The molecule has 0 spiro atoms. The highest BCUT2D eigenvalue weighted by Crippen LogP contribution is 2.24. The molecule has 1 aliphatic heterocycles. The molecule has 8 nitrogen and oxygen atoms in total. The van der Waals surface area contributed by atoms with E-state index < -0.39 is 4.92 Å². The smallest absolute Gasteiger partial charge is 0.275 e. The summed E-state index contributed by atoms with van der Waals surface area (Å²) in [5, 5.41) is 18.2. The minimum Gasteiger partial charge on any atom is -0.375 e. The highest BCUT2D eigenvalue weighted by atomic mass is 16.6. The van der Waals surface area contributed by atoms with E-state index in [0.29, 0.717) is 24.1 Å². The molecule has 3 rings (SSSR count). The normalized spacial score (nSPS) is 22.0. The van der Waals surface area contributed by atoms with Crippen LogP contribution in [0, 0.1) is 10.1 Å². The number of rotatable bonds is 2. The first-order valence-corrected chi connectivity index (χ1v) is 7.02. The van der Waals surface area contributed by atoms with Crippen molar-refractivity contribution in [3.8, 4) is 0 Å². The average molecular weight is 304 g/mol. The summed E-state index contributed by atoms with van der Waals surface area (Å²) in [7, 11) is 0. The fourth-order valence-electron chi connectivity index (χ4n) is 2.60. The van der Waals surface area contributed by atoms with Gasteiger partial charge in [0.25, 0.3) is 11.6 Å². The number of fused-ring (bicyclic) bond motifs is 1. The number of nitrogens with one attached hydrogen (secondary N) is 1. The zero-order valence-corrected chi connectivity index (χ0v) is 12.3. The summed E-state index contributed by atoms with van der Waals surface area (Å²) >= 11 is 0. The number of nitro groups is 1. The third kappa shape index (κ3) is 2.41. The number of non-ortho nitro benzene ring substituents is 1. The van der Waals surface area contributed by atoms with Gasteiger partial charge in [0.15, 0.2) is 5.69 Å². The summed E-state index contributed by atoms with van der Waals surface area (Å²) in [5.41, 5.74) is 0.744. The van der Waals surface area contributed by atoms with Gasteiger partial charge in [-0.1, -0.05) is 0 Å². The Morgan fingerprint density at radius 2 is 2.27 bits per heavy atom. The van der Waals surface area contributed by atoms with Gasteiger partial charge in [-0.2, -0.15) is 5.10 Å². The molecule has 0 radical (unpaired) electrons. The van der Waals surface area contributed by atoms with Crippen LogP contribution in [-0.4, -0.2) is 51.2 Å². The molecule has 1 saturated heterocycles. The second-order valence-electron chi connectivity index (χ2n) is 5.51. The molecule has 2 unspecified atom stereocenters. The van der Waals surface area contributed by atoms with E-state index in [1.807, 2.05) is 13.8 Å². The highest BCUT2D eigenvalue weighted by molar-refractivity contribution is 6.05. The van der Waals surface area contributed by atoms with Gasteiger partial charge in [-0.05, 0) is 19.9 Å². The predicted octanol–water partition coefficient (Wildman–Crippen LogP) is 1.72. The number of hydrogen-bond donors (Lipinski definition) is 1. The Bertz CT molecular complexity index is 742. The van der Waals surface area contributed by atoms with Gasteiger partial charge in [-0.25, -0.2) is 0 Å². The van der Waals surface area contributed by atoms with Crippen molar-refractivity contribution in [3.05, 3.63) is 34.0 Å². The number of nitrogens with zero attached hydrogens (tertiary/aromatic N) is 3. The minimum absolute atomic E-state index is 0.0420. The lowest BCUT2D eigenvalue weighted by Gasteiger charge is -2.36. The number of hydrogen-bond acceptors (Lipinski definition) is 5. The standard InChI is InChI=1S/C14H16N4O4/c1-8-7-22-9(2)6-17(8)14(19)13-11-5-10(18(20)21)3-4-12(11)15-16-13/h3-5,8-9H,6-7H2,1-2H3,(H,15,16). The van der Waals surface area contributed by atoms with Crippen LogP contribution in [-0.2, 0) is 4.74 Å². The van der Waals surface area contributed by atoms with E-state index in [9.17, 15) is 14.9 Å². The van der Waals surface area contributed by atoms with Crippen LogP contribution in [0.3, 0.4) is 0 Å². The number of amides is 1. The van der Waals surface area contributed by atoms with E-state index in [0.717, 1.165) is 0 Å². The topological polar surface area (TPSA) is 101 Å². The molecule has 0 bridgehead atoms. The van der Waals surface area contributed by atoms with Crippen molar-refractivity contribution < 1.29 is 14.5 Å². The second-order valence-corrected chi connectivity index (χ2v) is 5.51. The predicted molar refractivity (Wildman–Crippen MR) is 78.7 cm³/mol. The zero-order valence-electron chi connectivity index (χ0n) is 12.3. The number of aromatic amines is 1. The Labute approximate surface area is 126 Å². The molecular formula is C14H16N4O4. The van der Waals surface area contributed by atoms with Gasteiger partial charge >= 0.3 is 0 Å². The van der Waals surface area contributed by atoms with Crippen molar-refractivity contribution in [3.63, 3.8) is 0 Å². The van der Waals surface area contributed by atoms with Gasteiger partial charge in [0.1, 0.15) is 0 Å². The minimum atomic E-state index is -0.486. The number of carbonyl (C=O) groups is 1. The quantitative estimate of drug-likeness (QED) is 0.672. The SMILES string of the molecule is CC1CN(C(=O)c2n[nH]c3ccc([N+](=O)[O-])cc23)C(C)CO1. The third-order valence-electron chi connectivity index (χ3n) is 3.83. The monoisotopic (exact) mass is 304 g/mol. The lowest BCUT2D eigenvalue weighted by atomic mass is 10.1. The molecular weight excluding hydrogens is 288 g/mol. The fourth-order valence-corrected chi connectivity index (χ4v) is 2.60. The van der Waals surface area contributed by atoms with Crippen molar-refractivity contribution in [2.45, 2.75) is 26.0 Å². The van der Waals surface area contributed by atoms with Crippen LogP contribution in [0.25, 0.3) is 10.9 Å². The van der Waals surface area contributed by atoms with E-state index >= 15 is 0 Å². The van der Waals surface area contributed by atoms with E-state index in [1.165, 1.54) is 12.1 Å². The van der Waals surface area contributed by atoms with Crippen molar-refractivity contribution in [1.82, 2.24) is 15.1 Å². The number of morpholine rings is 1. The molecule has 22 heavy (non-hydrogen) atoms. The van der Waals surface area contributed by atoms with Crippen LogP contribution in [0.4, 0.5) is 5.69 Å². The number of H-pyrrole nitrogens is 1. The molecule has 0 saturated carbocycles. The molecule has 2 aromatic rings. The largest absolute Gasteiger partial charge is 0.375 e. The summed E-state index contributed by atoms with van der Waals surface area (Å²) < 4.78 is 5.51. The lowest BCUT2D eigenvalue weighted by molar-refractivity contribution is -0.384. The molecule has 1 aliphatic rings. The number of aromatic nitrogens is 2. The van der Waals surface area contributed by atoms with E-state index in [1.54, 1.807) is 11.0 Å². The van der Waals surface area contributed by atoms with Gasteiger partial charge in [0.05, 0.1) is 29.2 Å². The Morgan fingerprint density at radius 3 is 3.00 bits per heavy atom. The van der Waals surface area contributed by atoms with Gasteiger partial charge in [-0.15, -0.1) is 0 Å². The number of benzene rings is 1. The zero-order chi connectivity index (χ0) is 15.9. The number of ether oxygens (including phenoxy) is 1. The van der Waals surface area contributed by atoms with Gasteiger partial charge in [0.2, 0.25) is 0 Å². The van der Waals surface area contributed by atoms with Crippen LogP contribution in [0.5, 0.6) is 0 Å². The Morgan fingerprint density at radius 1 is 1.50 bits per heavy atom. The molecule has 1 amide bonds. The number of carbonyl (C=O) groups excluding carboxylic acids is 1. The van der Waals surface area contributed by atoms with Crippen molar-refractivity contribution in [1.29, 1.82) is 0 Å². The molecule has 116 valence electrons. The maximum Gasteiger partial charge on any atom is 0.275 e. The Hall–Kier alpha value is -2.48. The maximum absolute atomic E-state index is 12.7. The van der Waals surface area contributed by atoms with Crippen LogP contribution >= 0.6 is 0 Å². The summed E-state index contributed by atoms with van der Waals surface area (Å²) in [5.74, 6) is -0.241. The molecule has 1 N–H and O–H groups in total. The summed E-state index contributed by atoms with van der Waals surface area (Å²) in [4.78, 5) is 24.8. The van der Waals surface area contributed by atoms with Crippen LogP contribution in [0.2, 0.25) is 0 Å². The van der Waals surface area contributed by atoms with Crippen LogP contribution in [0.15, 0.2) is 18.2 Å². The second kappa shape index (κ2) is 5.38. The van der Waals surface area contributed by atoms with Crippen molar-refractivity contribution in [2.75, 3.05) is 13.2 Å². The van der Waals surface area contributed by atoms with Crippen molar-refractivity contribution in [2.24, 2.45) is 0 Å². The van der Waals surface area contributed by atoms with E-state index in [-0.39, 0.29) is 29.4 Å². The van der Waals surface area contributed by atoms with Crippen molar-refractivity contribution >= 4 is 22.5 Å². The molecule has 1 aromatic heterocycles.